The zero-order valence-corrected chi connectivity index (χ0v) is 16.0. The lowest BCUT2D eigenvalue weighted by Gasteiger charge is -2.26. The molecule has 2 aromatic carbocycles. The number of carboxylic acids is 1. The molecule has 0 unspecified atom stereocenters. The summed E-state index contributed by atoms with van der Waals surface area (Å²) in [4.78, 5) is 14.0. The molecule has 0 spiro atoms. The summed E-state index contributed by atoms with van der Waals surface area (Å²) in [6.07, 6.45) is 1.65. The van der Waals surface area contributed by atoms with E-state index < -0.39 is 5.97 Å². The van der Waals surface area contributed by atoms with E-state index in [1.54, 1.807) is 37.5 Å². The highest BCUT2D eigenvalue weighted by Crippen LogP contribution is 2.23. The van der Waals surface area contributed by atoms with Crippen molar-refractivity contribution in [1.82, 2.24) is 4.90 Å². The SMILES string of the molecule is COc1ccc(/C(=C/c2cccc(OCCN3CCOCC3)c2)C(=O)O)cc1. The topological polar surface area (TPSA) is 68.2 Å². The largest absolute Gasteiger partial charge is 0.497 e. The molecular formula is C22H25NO5. The normalized spacial score (nSPS) is 15.2. The first-order valence-corrected chi connectivity index (χ1v) is 9.28. The monoisotopic (exact) mass is 383 g/mol. The third kappa shape index (κ3) is 5.58. The predicted octanol–water partition coefficient (Wildman–Crippen LogP) is 3.03. The van der Waals surface area contributed by atoms with Crippen molar-refractivity contribution >= 4 is 17.6 Å². The molecule has 0 atom stereocenters. The van der Waals surface area contributed by atoms with Crippen LogP contribution < -0.4 is 9.47 Å². The molecule has 1 aliphatic heterocycles. The van der Waals surface area contributed by atoms with Crippen LogP contribution in [0.5, 0.6) is 11.5 Å². The van der Waals surface area contributed by atoms with Crippen LogP contribution in [-0.4, -0.2) is 62.5 Å². The van der Waals surface area contributed by atoms with Gasteiger partial charge in [-0.15, -0.1) is 0 Å². The second-order valence-corrected chi connectivity index (χ2v) is 6.47. The Kier molecular flexibility index (Phi) is 7.06. The van der Waals surface area contributed by atoms with Gasteiger partial charge in [-0.05, 0) is 41.5 Å². The zero-order valence-electron chi connectivity index (χ0n) is 16.0. The highest BCUT2D eigenvalue weighted by atomic mass is 16.5. The van der Waals surface area contributed by atoms with Crippen LogP contribution in [0.15, 0.2) is 48.5 Å². The Morgan fingerprint density at radius 3 is 2.57 bits per heavy atom. The standard InChI is InChI=1S/C22H25NO5/c1-26-19-7-5-18(6-8-19)21(22(24)25)16-17-3-2-4-20(15-17)28-14-11-23-9-12-27-13-10-23/h2-8,15-16H,9-14H2,1H3,(H,24,25)/b21-16-. The number of ether oxygens (including phenoxy) is 3. The molecule has 0 bridgehead atoms. The number of carboxylic acid groups (broad SMARTS) is 1. The van der Waals surface area contributed by atoms with Gasteiger partial charge in [0.05, 0.1) is 25.9 Å². The molecule has 1 fully saturated rings. The molecule has 1 saturated heterocycles. The summed E-state index contributed by atoms with van der Waals surface area (Å²) in [6.45, 7) is 4.81. The van der Waals surface area contributed by atoms with E-state index in [0.717, 1.165) is 44.2 Å². The van der Waals surface area contributed by atoms with Crippen molar-refractivity contribution in [3.63, 3.8) is 0 Å². The number of hydrogen-bond donors (Lipinski definition) is 1. The molecule has 6 nitrogen and oxygen atoms in total. The number of methoxy groups -OCH3 is 1. The molecule has 0 amide bonds. The van der Waals surface area contributed by atoms with Crippen LogP contribution in [0.3, 0.4) is 0 Å². The molecule has 0 radical (unpaired) electrons. The molecule has 0 saturated carbocycles. The van der Waals surface area contributed by atoms with Crippen LogP contribution in [0.25, 0.3) is 11.6 Å². The van der Waals surface area contributed by atoms with E-state index in [4.69, 9.17) is 14.2 Å². The Balaban J connectivity index is 1.68. The van der Waals surface area contributed by atoms with Gasteiger partial charge in [-0.3, -0.25) is 4.90 Å². The number of carbonyl (C=O) groups is 1. The van der Waals surface area contributed by atoms with Gasteiger partial charge in [0.2, 0.25) is 0 Å². The second-order valence-electron chi connectivity index (χ2n) is 6.47. The van der Waals surface area contributed by atoms with Crippen molar-refractivity contribution in [3.05, 3.63) is 59.7 Å². The minimum atomic E-state index is -0.983. The fourth-order valence-electron chi connectivity index (χ4n) is 3.02. The fourth-order valence-corrected chi connectivity index (χ4v) is 3.02. The minimum Gasteiger partial charge on any atom is -0.497 e. The third-order valence-corrected chi connectivity index (χ3v) is 4.58. The van der Waals surface area contributed by atoms with Gasteiger partial charge in [0.1, 0.15) is 18.1 Å². The highest BCUT2D eigenvalue weighted by molar-refractivity contribution is 6.20. The quantitative estimate of drug-likeness (QED) is 0.558. The van der Waals surface area contributed by atoms with Crippen LogP contribution in [0.2, 0.25) is 0 Å². The summed E-state index contributed by atoms with van der Waals surface area (Å²) in [6, 6.07) is 14.4. The first-order chi connectivity index (χ1) is 13.7. The molecule has 28 heavy (non-hydrogen) atoms. The molecule has 0 aromatic heterocycles. The molecular weight excluding hydrogens is 358 g/mol. The highest BCUT2D eigenvalue weighted by Gasteiger charge is 2.12. The smallest absolute Gasteiger partial charge is 0.336 e. The Labute approximate surface area is 164 Å². The van der Waals surface area contributed by atoms with Crippen molar-refractivity contribution in [3.8, 4) is 11.5 Å². The first-order valence-electron chi connectivity index (χ1n) is 9.28. The lowest BCUT2D eigenvalue weighted by Crippen LogP contribution is -2.38. The maximum atomic E-state index is 11.7. The van der Waals surface area contributed by atoms with Gasteiger partial charge in [0.25, 0.3) is 0 Å². The Morgan fingerprint density at radius 2 is 1.89 bits per heavy atom. The average Bonchev–Trinajstić information content (AvgIpc) is 2.73. The van der Waals surface area contributed by atoms with Gasteiger partial charge in [0, 0.05) is 19.6 Å². The molecule has 148 valence electrons. The van der Waals surface area contributed by atoms with Gasteiger partial charge in [-0.1, -0.05) is 24.3 Å². The van der Waals surface area contributed by atoms with Gasteiger partial charge in [-0.25, -0.2) is 4.79 Å². The number of hydrogen-bond acceptors (Lipinski definition) is 5. The minimum absolute atomic E-state index is 0.216. The Morgan fingerprint density at radius 1 is 1.14 bits per heavy atom. The summed E-state index contributed by atoms with van der Waals surface area (Å²) in [5.41, 5.74) is 1.61. The van der Waals surface area contributed by atoms with Gasteiger partial charge in [0.15, 0.2) is 0 Å². The summed E-state index contributed by atoms with van der Waals surface area (Å²) in [5, 5.41) is 9.62. The average molecular weight is 383 g/mol. The van der Waals surface area contributed by atoms with Gasteiger partial charge in [-0.2, -0.15) is 0 Å². The van der Waals surface area contributed by atoms with Crippen molar-refractivity contribution in [2.24, 2.45) is 0 Å². The lowest BCUT2D eigenvalue weighted by atomic mass is 10.0. The molecule has 0 aliphatic carbocycles. The second kappa shape index (κ2) is 9.92. The number of morpholine rings is 1. The molecule has 6 heteroatoms. The fraction of sp³-hybridized carbons (Fsp3) is 0.318. The maximum Gasteiger partial charge on any atom is 0.336 e. The molecule has 2 aromatic rings. The van der Waals surface area contributed by atoms with Crippen LogP contribution in [-0.2, 0) is 9.53 Å². The Bertz CT molecular complexity index is 810. The van der Waals surface area contributed by atoms with Crippen LogP contribution in [0.4, 0.5) is 0 Å². The number of rotatable bonds is 8. The summed E-state index contributed by atoms with van der Waals surface area (Å²) in [5.74, 6) is 0.425. The van der Waals surface area contributed by atoms with Crippen LogP contribution in [0.1, 0.15) is 11.1 Å². The van der Waals surface area contributed by atoms with E-state index >= 15 is 0 Å². The van der Waals surface area contributed by atoms with Gasteiger partial charge < -0.3 is 19.3 Å². The summed E-state index contributed by atoms with van der Waals surface area (Å²) < 4.78 is 16.3. The predicted molar refractivity (Wildman–Crippen MR) is 108 cm³/mol. The first kappa shape index (κ1) is 19.9. The maximum absolute atomic E-state index is 11.7. The van der Waals surface area contributed by atoms with E-state index in [0.29, 0.717) is 17.9 Å². The lowest BCUT2D eigenvalue weighted by molar-refractivity contribution is -0.130. The van der Waals surface area contributed by atoms with Crippen molar-refractivity contribution < 1.29 is 24.1 Å². The van der Waals surface area contributed by atoms with Gasteiger partial charge >= 0.3 is 5.97 Å². The molecule has 3 rings (SSSR count). The molecule has 1 aliphatic rings. The molecule has 1 N–H and O–H groups in total. The van der Waals surface area contributed by atoms with E-state index in [1.807, 2.05) is 24.3 Å². The van der Waals surface area contributed by atoms with E-state index in [1.165, 1.54) is 0 Å². The van der Waals surface area contributed by atoms with Crippen molar-refractivity contribution in [2.45, 2.75) is 0 Å². The van der Waals surface area contributed by atoms with Crippen molar-refractivity contribution in [2.75, 3.05) is 46.6 Å². The van der Waals surface area contributed by atoms with Crippen molar-refractivity contribution in [1.29, 1.82) is 0 Å². The summed E-state index contributed by atoms with van der Waals surface area (Å²) in [7, 11) is 1.58. The Hall–Kier alpha value is -2.83. The van der Waals surface area contributed by atoms with E-state index in [9.17, 15) is 9.90 Å². The van der Waals surface area contributed by atoms with Crippen LogP contribution in [0, 0.1) is 0 Å². The number of nitrogens with zero attached hydrogens (tertiary/aromatic N) is 1. The van der Waals surface area contributed by atoms with Crippen LogP contribution >= 0.6 is 0 Å². The van der Waals surface area contributed by atoms with E-state index in [-0.39, 0.29) is 5.57 Å². The molecule has 1 heterocycles. The van der Waals surface area contributed by atoms with E-state index in [2.05, 4.69) is 4.90 Å². The third-order valence-electron chi connectivity index (χ3n) is 4.58. The summed E-state index contributed by atoms with van der Waals surface area (Å²) >= 11 is 0. The number of benzene rings is 2. The number of aliphatic carboxylic acids is 1. The zero-order chi connectivity index (χ0) is 19.8.